The Morgan fingerprint density at radius 2 is 0.970 bits per heavy atom. The quantitative estimate of drug-likeness (QED) is 0.0240. The minimum atomic E-state index is -4.70. The van der Waals surface area contributed by atoms with E-state index in [-0.39, 0.29) is 25.4 Å². The molecule has 67 heavy (non-hydrogen) atoms. The maximum absolute atomic E-state index is 12.9. The van der Waals surface area contributed by atoms with Gasteiger partial charge in [-0.05, 0) is 129 Å². The fraction of sp³-hybridized carbons (Fsp3) is 0.561. The minimum Gasteiger partial charge on any atom is -0.756 e. The van der Waals surface area contributed by atoms with Gasteiger partial charge < -0.3 is 34.0 Å². The number of hydrogen-bond acceptors (Lipinski definition) is 7. The first kappa shape index (κ1) is 63.3. The number of quaternary nitrogens is 1. The van der Waals surface area contributed by atoms with Crippen molar-refractivity contribution >= 4 is 13.7 Å². The maximum Gasteiger partial charge on any atom is 0.268 e. The Kier molecular flexibility index (Phi) is 43.6. The highest BCUT2D eigenvalue weighted by Gasteiger charge is 2.29. The number of aliphatic hydroxyl groups is 2. The molecule has 0 aliphatic carbocycles. The standard InChI is InChI=1S/C57H93N2O7P/c1-6-8-10-12-14-16-18-20-21-22-23-24-25-26-27-28-29-30-31-32-33-34-35-36-37-38-40-42-44-46-48-50-56(61)58-54(53-66-67(63,64)65-52-51-59(3,4)5)57(62)55(60)49-47-45-43-41-39-19-17-15-13-11-9-7-2/h7-10,14-17,20-21,23-24,26-27,29-30,32-33,35-36,38,40-41,43,54-55,57,60,62H,6,11-13,18-19,22,25,28,31,34,37,39,42,44-53H2,1-5H3,(H-,58,61,63,64)/b9-7+,10-8-,16-14-,17-15+,21-20-,24-23-,27-26-,30-29-,33-32-,36-35-,40-38-,43-41+. The third-order valence-corrected chi connectivity index (χ3v) is 11.2. The van der Waals surface area contributed by atoms with Gasteiger partial charge in [0.05, 0.1) is 39.9 Å². The van der Waals surface area contributed by atoms with Gasteiger partial charge in [0.1, 0.15) is 19.3 Å². The Bertz CT molecular complexity index is 1610. The van der Waals surface area contributed by atoms with Gasteiger partial charge in [-0.1, -0.05) is 159 Å². The summed E-state index contributed by atoms with van der Waals surface area (Å²) in [5.41, 5.74) is 0. The van der Waals surface area contributed by atoms with E-state index in [2.05, 4.69) is 158 Å². The van der Waals surface area contributed by atoms with Gasteiger partial charge in [0.15, 0.2) is 0 Å². The second-order valence-corrected chi connectivity index (χ2v) is 19.0. The molecule has 0 aliphatic rings. The number of unbranched alkanes of at least 4 members (excludes halogenated alkanes) is 6. The van der Waals surface area contributed by atoms with Crippen molar-refractivity contribution < 1.29 is 38.0 Å². The van der Waals surface area contributed by atoms with Crippen molar-refractivity contribution in [2.45, 2.75) is 167 Å². The fourth-order valence-electron chi connectivity index (χ4n) is 6.22. The van der Waals surface area contributed by atoms with Crippen molar-refractivity contribution in [2.75, 3.05) is 40.9 Å². The molecule has 4 atom stereocenters. The van der Waals surface area contributed by atoms with Gasteiger partial charge in [0, 0.05) is 6.42 Å². The van der Waals surface area contributed by atoms with Crippen LogP contribution in [0.15, 0.2) is 146 Å². The number of nitrogens with zero attached hydrogens (tertiary/aromatic N) is 1. The summed E-state index contributed by atoms with van der Waals surface area (Å²) in [6.07, 6.45) is 67.8. The van der Waals surface area contributed by atoms with Gasteiger partial charge in [-0.25, -0.2) is 0 Å². The Morgan fingerprint density at radius 3 is 1.42 bits per heavy atom. The first-order valence-electron chi connectivity index (χ1n) is 25.2. The molecule has 0 aliphatic heterocycles. The number of allylic oxidation sites excluding steroid dienone is 24. The molecule has 3 N–H and O–H groups in total. The zero-order valence-electron chi connectivity index (χ0n) is 42.4. The van der Waals surface area contributed by atoms with Gasteiger partial charge in [-0.2, -0.15) is 0 Å². The summed E-state index contributed by atoms with van der Waals surface area (Å²) >= 11 is 0. The molecule has 0 spiro atoms. The van der Waals surface area contributed by atoms with Crippen LogP contribution in [0.2, 0.25) is 0 Å². The van der Waals surface area contributed by atoms with E-state index in [1.165, 1.54) is 0 Å². The van der Waals surface area contributed by atoms with Gasteiger partial charge in [-0.3, -0.25) is 9.36 Å². The van der Waals surface area contributed by atoms with Crippen molar-refractivity contribution in [3.8, 4) is 0 Å². The van der Waals surface area contributed by atoms with Crippen LogP contribution in [0.25, 0.3) is 0 Å². The lowest BCUT2D eigenvalue weighted by molar-refractivity contribution is -0.870. The lowest BCUT2D eigenvalue weighted by atomic mass is 10.0. The molecule has 0 bridgehead atoms. The molecule has 0 radical (unpaired) electrons. The number of nitrogens with one attached hydrogen (secondary N) is 1. The Morgan fingerprint density at radius 1 is 0.567 bits per heavy atom. The molecule has 10 heteroatoms. The summed E-state index contributed by atoms with van der Waals surface area (Å²) < 4.78 is 23.1. The number of carbonyl (C=O) groups excluding carboxylic acids is 1. The molecule has 0 aromatic carbocycles. The second-order valence-electron chi connectivity index (χ2n) is 17.6. The van der Waals surface area contributed by atoms with Crippen LogP contribution in [0, 0.1) is 0 Å². The molecule has 0 aromatic rings. The molecule has 4 unspecified atom stereocenters. The average molecular weight is 949 g/mol. The van der Waals surface area contributed by atoms with Crippen LogP contribution in [-0.4, -0.2) is 79.8 Å². The number of amides is 1. The highest BCUT2D eigenvalue weighted by molar-refractivity contribution is 7.45. The molecule has 0 fully saturated rings. The smallest absolute Gasteiger partial charge is 0.268 e. The first-order valence-corrected chi connectivity index (χ1v) is 26.7. The summed E-state index contributed by atoms with van der Waals surface area (Å²) in [6, 6.07) is -1.13. The van der Waals surface area contributed by atoms with Crippen molar-refractivity contribution in [2.24, 2.45) is 0 Å². The van der Waals surface area contributed by atoms with E-state index in [4.69, 9.17) is 9.05 Å². The third-order valence-electron chi connectivity index (χ3n) is 10.2. The van der Waals surface area contributed by atoms with Crippen LogP contribution in [0.1, 0.15) is 149 Å². The van der Waals surface area contributed by atoms with Crippen LogP contribution >= 0.6 is 7.82 Å². The van der Waals surface area contributed by atoms with Crippen LogP contribution in [0.4, 0.5) is 0 Å². The number of phosphoric ester groups is 1. The molecule has 0 heterocycles. The molecular formula is C57H93N2O7P. The molecular weight excluding hydrogens is 856 g/mol. The molecule has 0 saturated carbocycles. The predicted octanol–water partition coefficient (Wildman–Crippen LogP) is 13.3. The normalized spacial score (nSPS) is 15.8. The van der Waals surface area contributed by atoms with Crippen molar-refractivity contribution in [3.63, 3.8) is 0 Å². The van der Waals surface area contributed by atoms with Crippen molar-refractivity contribution in [3.05, 3.63) is 146 Å². The van der Waals surface area contributed by atoms with Gasteiger partial charge in [-0.15, -0.1) is 0 Å². The summed E-state index contributed by atoms with van der Waals surface area (Å²) in [4.78, 5) is 25.4. The zero-order chi connectivity index (χ0) is 49.4. The topological polar surface area (TPSA) is 128 Å². The predicted molar refractivity (Wildman–Crippen MR) is 284 cm³/mol. The number of aliphatic hydroxyl groups excluding tert-OH is 2. The second kappa shape index (κ2) is 46.1. The lowest BCUT2D eigenvalue weighted by Gasteiger charge is -2.31. The number of rotatable bonds is 43. The first-order chi connectivity index (χ1) is 32.4. The van der Waals surface area contributed by atoms with Gasteiger partial charge in [0.2, 0.25) is 5.91 Å². The highest BCUT2D eigenvalue weighted by Crippen LogP contribution is 2.38. The van der Waals surface area contributed by atoms with E-state index in [9.17, 15) is 24.5 Å². The molecule has 0 aromatic heterocycles. The zero-order valence-corrected chi connectivity index (χ0v) is 43.3. The molecule has 1 amide bonds. The Hall–Kier alpha value is -3.66. The van der Waals surface area contributed by atoms with E-state index < -0.39 is 32.7 Å². The SMILES string of the molecule is C/C=C/CC/C=C/CC/C=C/CCCC(O)C(O)C(COP(=O)([O-])OCC[N+](C)(C)C)NC(=O)CCCCC/C=C\C/C=C\C/C=C\C/C=C\C/C=C\C/C=C\C/C=C\C/C=C\C/C=C\CC. The molecule has 0 saturated heterocycles. The van der Waals surface area contributed by atoms with E-state index in [0.29, 0.717) is 23.9 Å². The molecule has 9 nitrogen and oxygen atoms in total. The fourth-order valence-corrected chi connectivity index (χ4v) is 6.95. The maximum atomic E-state index is 12.9. The van der Waals surface area contributed by atoms with Crippen molar-refractivity contribution in [1.82, 2.24) is 5.32 Å². The Labute approximate surface area is 409 Å². The number of carbonyl (C=O) groups is 1. The summed E-state index contributed by atoms with van der Waals surface area (Å²) in [6.45, 7) is 4.01. The van der Waals surface area contributed by atoms with Crippen LogP contribution < -0.4 is 10.2 Å². The van der Waals surface area contributed by atoms with E-state index in [1.807, 2.05) is 28.1 Å². The number of phosphoric acid groups is 1. The van der Waals surface area contributed by atoms with Gasteiger partial charge >= 0.3 is 0 Å². The van der Waals surface area contributed by atoms with Gasteiger partial charge in [0.25, 0.3) is 7.82 Å². The van der Waals surface area contributed by atoms with E-state index in [0.717, 1.165) is 109 Å². The number of hydrogen-bond donors (Lipinski definition) is 3. The van der Waals surface area contributed by atoms with E-state index >= 15 is 0 Å². The summed E-state index contributed by atoms with van der Waals surface area (Å²) in [7, 11) is 1.04. The number of likely N-dealkylation sites (N-methyl/N-ethyl adjacent to an activating group) is 1. The molecule has 0 rings (SSSR count). The van der Waals surface area contributed by atoms with Crippen LogP contribution in [0.3, 0.4) is 0 Å². The van der Waals surface area contributed by atoms with Crippen molar-refractivity contribution in [1.29, 1.82) is 0 Å². The van der Waals surface area contributed by atoms with Crippen LogP contribution in [-0.2, 0) is 18.4 Å². The third kappa shape index (κ3) is 47.2. The molecule has 378 valence electrons. The minimum absolute atomic E-state index is 0.0663. The monoisotopic (exact) mass is 949 g/mol. The summed E-state index contributed by atoms with van der Waals surface area (Å²) in [5.74, 6) is -0.336. The highest BCUT2D eigenvalue weighted by atomic mass is 31.2. The van der Waals surface area contributed by atoms with E-state index in [1.54, 1.807) is 0 Å². The lowest BCUT2D eigenvalue weighted by Crippen LogP contribution is -2.51. The largest absolute Gasteiger partial charge is 0.756 e. The summed E-state index contributed by atoms with van der Waals surface area (Å²) in [5, 5.41) is 24.6. The average Bonchev–Trinajstić information content (AvgIpc) is 3.29. The van der Waals surface area contributed by atoms with Crippen LogP contribution in [0.5, 0.6) is 0 Å². The Balaban J connectivity index is 4.45.